The number of hydrogen-bond acceptors (Lipinski definition) is 4. The Bertz CT molecular complexity index is 1100. The standard InChI is InChI=1S/C23H22BrN3O3/c1-3-30-21-13-12-16-8-4-5-9-17(16)19(21)14-25-27-22(28)15(2)26-23(29)18-10-6-7-11-20(18)24/h4-15H,3H2,1-2H3,(H,26,29)(H,27,28). The Morgan fingerprint density at radius 3 is 2.60 bits per heavy atom. The zero-order chi connectivity index (χ0) is 21.5. The molecule has 1 unspecified atom stereocenters. The molecule has 0 aromatic heterocycles. The van der Waals surface area contributed by atoms with Crippen molar-refractivity contribution >= 4 is 44.7 Å². The molecule has 0 heterocycles. The summed E-state index contributed by atoms with van der Waals surface area (Å²) >= 11 is 3.33. The maximum Gasteiger partial charge on any atom is 0.262 e. The predicted molar refractivity (Wildman–Crippen MR) is 122 cm³/mol. The molecule has 3 rings (SSSR count). The summed E-state index contributed by atoms with van der Waals surface area (Å²) in [6.07, 6.45) is 1.56. The number of hydrazone groups is 1. The van der Waals surface area contributed by atoms with E-state index in [0.29, 0.717) is 22.4 Å². The molecule has 3 aromatic carbocycles. The Balaban J connectivity index is 1.70. The first-order valence-corrected chi connectivity index (χ1v) is 10.3. The molecule has 30 heavy (non-hydrogen) atoms. The lowest BCUT2D eigenvalue weighted by atomic mass is 10.0. The number of halogens is 1. The van der Waals surface area contributed by atoms with Crippen molar-refractivity contribution in [2.75, 3.05) is 6.61 Å². The second kappa shape index (κ2) is 10.0. The molecule has 0 radical (unpaired) electrons. The molecule has 3 aromatic rings. The van der Waals surface area contributed by atoms with Gasteiger partial charge in [0.25, 0.3) is 11.8 Å². The summed E-state index contributed by atoms with van der Waals surface area (Å²) in [6, 6.07) is 18.0. The van der Waals surface area contributed by atoms with Crippen LogP contribution in [0.15, 0.2) is 70.2 Å². The highest BCUT2D eigenvalue weighted by molar-refractivity contribution is 9.10. The van der Waals surface area contributed by atoms with Crippen molar-refractivity contribution in [3.8, 4) is 5.75 Å². The van der Waals surface area contributed by atoms with Gasteiger partial charge in [-0.2, -0.15) is 5.10 Å². The average molecular weight is 468 g/mol. The van der Waals surface area contributed by atoms with E-state index in [-0.39, 0.29) is 5.91 Å². The van der Waals surface area contributed by atoms with E-state index in [4.69, 9.17) is 4.74 Å². The SMILES string of the molecule is CCOc1ccc2ccccc2c1C=NNC(=O)C(C)NC(=O)c1ccccc1Br. The Morgan fingerprint density at radius 2 is 1.83 bits per heavy atom. The van der Waals surface area contributed by atoms with Crippen molar-refractivity contribution in [2.24, 2.45) is 5.10 Å². The van der Waals surface area contributed by atoms with Gasteiger partial charge in [0.05, 0.1) is 18.4 Å². The molecule has 0 aliphatic heterocycles. The van der Waals surface area contributed by atoms with Crippen LogP contribution in [0, 0.1) is 0 Å². The van der Waals surface area contributed by atoms with Gasteiger partial charge in [0.1, 0.15) is 11.8 Å². The minimum absolute atomic E-state index is 0.346. The number of nitrogens with one attached hydrogen (secondary N) is 2. The Labute approximate surface area is 183 Å². The number of hydrogen-bond donors (Lipinski definition) is 2. The van der Waals surface area contributed by atoms with Crippen molar-refractivity contribution in [1.29, 1.82) is 0 Å². The van der Waals surface area contributed by atoms with Crippen molar-refractivity contribution < 1.29 is 14.3 Å². The quantitative estimate of drug-likeness (QED) is 0.402. The zero-order valence-corrected chi connectivity index (χ0v) is 18.3. The number of ether oxygens (including phenoxy) is 1. The molecule has 154 valence electrons. The van der Waals surface area contributed by atoms with E-state index in [1.54, 1.807) is 31.3 Å². The van der Waals surface area contributed by atoms with Crippen LogP contribution in [0.1, 0.15) is 29.8 Å². The third-order valence-electron chi connectivity index (χ3n) is 4.46. The highest BCUT2D eigenvalue weighted by Crippen LogP contribution is 2.26. The lowest BCUT2D eigenvalue weighted by molar-refractivity contribution is -0.122. The maximum absolute atomic E-state index is 12.4. The van der Waals surface area contributed by atoms with Crippen LogP contribution in [0.2, 0.25) is 0 Å². The van der Waals surface area contributed by atoms with E-state index in [1.807, 2.05) is 49.4 Å². The molecule has 0 saturated carbocycles. The van der Waals surface area contributed by atoms with Crippen molar-refractivity contribution in [1.82, 2.24) is 10.7 Å². The molecule has 0 fully saturated rings. The lowest BCUT2D eigenvalue weighted by Gasteiger charge is -2.13. The number of carbonyl (C=O) groups is 2. The van der Waals surface area contributed by atoms with Gasteiger partial charge in [0, 0.05) is 10.0 Å². The normalized spacial score (nSPS) is 12.0. The molecular weight excluding hydrogens is 446 g/mol. The number of carbonyl (C=O) groups excluding carboxylic acids is 2. The molecule has 7 heteroatoms. The number of benzene rings is 3. The summed E-state index contributed by atoms with van der Waals surface area (Å²) in [5.74, 6) is -0.0869. The first-order valence-electron chi connectivity index (χ1n) is 9.54. The smallest absolute Gasteiger partial charge is 0.262 e. The highest BCUT2D eigenvalue weighted by Gasteiger charge is 2.17. The van der Waals surface area contributed by atoms with E-state index >= 15 is 0 Å². The van der Waals surface area contributed by atoms with Crippen LogP contribution in [0.3, 0.4) is 0 Å². The predicted octanol–water partition coefficient (Wildman–Crippen LogP) is 4.27. The van der Waals surface area contributed by atoms with E-state index < -0.39 is 11.9 Å². The topological polar surface area (TPSA) is 79.8 Å². The van der Waals surface area contributed by atoms with Gasteiger partial charge in [-0.05, 0) is 58.7 Å². The van der Waals surface area contributed by atoms with Gasteiger partial charge in [-0.3, -0.25) is 9.59 Å². The number of rotatable bonds is 7. The minimum atomic E-state index is -0.763. The van der Waals surface area contributed by atoms with Gasteiger partial charge in [-0.25, -0.2) is 5.43 Å². The molecule has 1 atom stereocenters. The maximum atomic E-state index is 12.4. The monoisotopic (exact) mass is 467 g/mol. The van der Waals surface area contributed by atoms with Gasteiger partial charge in [0.2, 0.25) is 0 Å². The molecule has 0 spiro atoms. The van der Waals surface area contributed by atoms with Gasteiger partial charge < -0.3 is 10.1 Å². The zero-order valence-electron chi connectivity index (χ0n) is 16.7. The van der Waals surface area contributed by atoms with E-state index in [2.05, 4.69) is 31.8 Å². The summed E-state index contributed by atoms with van der Waals surface area (Å²) in [5.41, 5.74) is 3.72. The third-order valence-corrected chi connectivity index (χ3v) is 5.15. The van der Waals surface area contributed by atoms with Crippen LogP contribution in [-0.2, 0) is 4.79 Å². The van der Waals surface area contributed by atoms with Gasteiger partial charge >= 0.3 is 0 Å². The van der Waals surface area contributed by atoms with E-state index in [1.165, 1.54) is 0 Å². The fraction of sp³-hybridized carbons (Fsp3) is 0.174. The summed E-state index contributed by atoms with van der Waals surface area (Å²) in [7, 11) is 0. The molecule has 6 nitrogen and oxygen atoms in total. The fourth-order valence-corrected chi connectivity index (χ4v) is 3.40. The van der Waals surface area contributed by atoms with Crippen molar-refractivity contribution in [3.05, 3.63) is 76.3 Å². The molecule has 0 aliphatic carbocycles. The summed E-state index contributed by atoms with van der Waals surface area (Å²) in [6.45, 7) is 4.03. The summed E-state index contributed by atoms with van der Waals surface area (Å²) in [5, 5.41) is 8.77. The van der Waals surface area contributed by atoms with Crippen molar-refractivity contribution in [2.45, 2.75) is 19.9 Å². The molecule has 2 N–H and O–H groups in total. The second-order valence-corrected chi connectivity index (χ2v) is 7.40. The van der Waals surface area contributed by atoms with Crippen LogP contribution in [-0.4, -0.2) is 30.7 Å². The molecule has 0 aliphatic rings. The number of fused-ring (bicyclic) bond motifs is 1. The minimum Gasteiger partial charge on any atom is -0.493 e. The Hall–Kier alpha value is -3.19. The van der Waals surface area contributed by atoms with Gasteiger partial charge in [-0.1, -0.05) is 42.5 Å². The summed E-state index contributed by atoms with van der Waals surface area (Å²) in [4.78, 5) is 24.7. The Kier molecular flexibility index (Phi) is 7.19. The largest absolute Gasteiger partial charge is 0.493 e. The number of nitrogens with zero attached hydrogens (tertiary/aromatic N) is 1. The van der Waals surface area contributed by atoms with Crippen LogP contribution in [0.4, 0.5) is 0 Å². The van der Waals surface area contributed by atoms with Crippen LogP contribution < -0.4 is 15.5 Å². The van der Waals surface area contributed by atoms with Gasteiger partial charge in [-0.15, -0.1) is 0 Å². The molecule has 0 bridgehead atoms. The van der Waals surface area contributed by atoms with Crippen molar-refractivity contribution in [3.63, 3.8) is 0 Å². The van der Waals surface area contributed by atoms with Crippen LogP contribution in [0.25, 0.3) is 10.8 Å². The van der Waals surface area contributed by atoms with E-state index in [0.717, 1.165) is 16.3 Å². The average Bonchev–Trinajstić information content (AvgIpc) is 2.75. The van der Waals surface area contributed by atoms with Gasteiger partial charge in [0.15, 0.2) is 0 Å². The summed E-state index contributed by atoms with van der Waals surface area (Å²) < 4.78 is 6.36. The van der Waals surface area contributed by atoms with Crippen LogP contribution >= 0.6 is 15.9 Å². The lowest BCUT2D eigenvalue weighted by Crippen LogP contribution is -2.43. The molecule has 2 amide bonds. The molecular formula is C23H22BrN3O3. The fourth-order valence-electron chi connectivity index (χ4n) is 2.93. The highest BCUT2D eigenvalue weighted by atomic mass is 79.9. The molecule has 0 saturated heterocycles. The number of amides is 2. The first kappa shape index (κ1) is 21.5. The Morgan fingerprint density at radius 1 is 1.10 bits per heavy atom. The first-order chi connectivity index (χ1) is 14.5. The van der Waals surface area contributed by atoms with Crippen LogP contribution in [0.5, 0.6) is 5.75 Å². The second-order valence-electron chi connectivity index (χ2n) is 6.54. The third kappa shape index (κ3) is 5.04. The van der Waals surface area contributed by atoms with E-state index in [9.17, 15) is 9.59 Å².